The van der Waals surface area contributed by atoms with Crippen LogP contribution in [0.5, 0.6) is 5.75 Å². The van der Waals surface area contributed by atoms with Gasteiger partial charge in [0.05, 0.1) is 12.7 Å². The summed E-state index contributed by atoms with van der Waals surface area (Å²) in [5.74, 6) is 1.69. The van der Waals surface area contributed by atoms with Crippen LogP contribution in [0.25, 0.3) is 0 Å². The summed E-state index contributed by atoms with van der Waals surface area (Å²) in [5, 5.41) is 0. The van der Waals surface area contributed by atoms with Crippen LogP contribution in [0.2, 0.25) is 0 Å². The van der Waals surface area contributed by atoms with Crippen LogP contribution in [0.3, 0.4) is 0 Å². The van der Waals surface area contributed by atoms with Crippen molar-refractivity contribution in [2.75, 3.05) is 32.8 Å². The van der Waals surface area contributed by atoms with Gasteiger partial charge in [-0.3, -0.25) is 4.79 Å². The number of amides is 1. The van der Waals surface area contributed by atoms with Crippen molar-refractivity contribution in [3.05, 3.63) is 29.8 Å². The normalized spacial score (nSPS) is 18.6. The Kier molecular flexibility index (Phi) is 6.10. The van der Waals surface area contributed by atoms with Crippen LogP contribution in [0.4, 0.5) is 0 Å². The van der Waals surface area contributed by atoms with Gasteiger partial charge in [0.2, 0.25) is 0 Å². The molecule has 2 N–H and O–H groups in total. The highest BCUT2D eigenvalue weighted by atomic mass is 16.5. The minimum absolute atomic E-state index is 0.101. The number of hydrogen-bond acceptors (Lipinski definition) is 4. The summed E-state index contributed by atoms with van der Waals surface area (Å²) >= 11 is 0. The lowest BCUT2D eigenvalue weighted by molar-refractivity contribution is 0.00845. The van der Waals surface area contributed by atoms with Crippen molar-refractivity contribution in [2.24, 2.45) is 11.7 Å². The van der Waals surface area contributed by atoms with Crippen molar-refractivity contribution in [1.29, 1.82) is 0 Å². The molecule has 0 radical (unpaired) electrons. The van der Waals surface area contributed by atoms with Gasteiger partial charge in [-0.25, -0.2) is 0 Å². The molecule has 0 atom stereocenters. The highest BCUT2D eigenvalue weighted by molar-refractivity contribution is 5.94. The first-order chi connectivity index (χ1) is 11.8. The number of nitrogens with zero attached hydrogens (tertiary/aromatic N) is 1. The maximum atomic E-state index is 12.6. The fourth-order valence-electron chi connectivity index (χ4n) is 2.93. The third-order valence-electron chi connectivity index (χ3n) is 4.72. The third-order valence-corrected chi connectivity index (χ3v) is 4.72. The van der Waals surface area contributed by atoms with E-state index in [0.29, 0.717) is 6.54 Å². The van der Waals surface area contributed by atoms with Gasteiger partial charge >= 0.3 is 0 Å². The Bertz CT molecular complexity index is 520. The molecule has 1 aliphatic carbocycles. The third kappa shape index (κ3) is 4.95. The Labute approximate surface area is 144 Å². The van der Waals surface area contributed by atoms with Crippen LogP contribution < -0.4 is 10.5 Å². The molecule has 5 nitrogen and oxygen atoms in total. The second-order valence-corrected chi connectivity index (χ2v) is 6.78. The molecule has 0 unspecified atom stereocenters. The van der Waals surface area contributed by atoms with E-state index in [2.05, 4.69) is 0 Å². The maximum Gasteiger partial charge on any atom is 0.253 e. The molecule has 3 rings (SSSR count). The van der Waals surface area contributed by atoms with Gasteiger partial charge in [-0.15, -0.1) is 0 Å². The van der Waals surface area contributed by atoms with Crippen molar-refractivity contribution in [2.45, 2.75) is 38.2 Å². The van der Waals surface area contributed by atoms with E-state index >= 15 is 0 Å². The van der Waals surface area contributed by atoms with E-state index in [9.17, 15) is 4.79 Å². The molecular formula is C19H28N2O3. The van der Waals surface area contributed by atoms with E-state index in [-0.39, 0.29) is 12.0 Å². The Morgan fingerprint density at radius 3 is 2.46 bits per heavy atom. The molecule has 1 saturated heterocycles. The number of carbonyl (C=O) groups is 1. The van der Waals surface area contributed by atoms with Gasteiger partial charge in [-0.05, 0) is 68.8 Å². The summed E-state index contributed by atoms with van der Waals surface area (Å²) in [5.41, 5.74) is 6.21. The minimum Gasteiger partial charge on any atom is -0.493 e. The largest absolute Gasteiger partial charge is 0.493 e. The Hall–Kier alpha value is -1.59. The number of ether oxygens (including phenoxy) is 2. The summed E-state index contributed by atoms with van der Waals surface area (Å²) in [6.07, 6.45) is 5.52. The van der Waals surface area contributed by atoms with E-state index in [1.807, 2.05) is 29.2 Å². The molecule has 1 aliphatic heterocycles. The molecular weight excluding hydrogens is 304 g/mol. The molecule has 0 aromatic heterocycles. The molecule has 0 bridgehead atoms. The lowest BCUT2D eigenvalue weighted by Crippen LogP contribution is -2.41. The van der Waals surface area contributed by atoms with Gasteiger partial charge in [-0.2, -0.15) is 0 Å². The Balaban J connectivity index is 1.44. The highest BCUT2D eigenvalue weighted by Gasteiger charge is 2.24. The second-order valence-electron chi connectivity index (χ2n) is 6.78. The zero-order valence-corrected chi connectivity index (χ0v) is 14.3. The monoisotopic (exact) mass is 332 g/mol. The fraction of sp³-hybridized carbons (Fsp3) is 0.632. The molecule has 1 aromatic rings. The zero-order chi connectivity index (χ0) is 16.8. The zero-order valence-electron chi connectivity index (χ0n) is 14.3. The predicted molar refractivity (Wildman–Crippen MR) is 93.2 cm³/mol. The van der Waals surface area contributed by atoms with Crippen molar-refractivity contribution in [3.63, 3.8) is 0 Å². The number of benzene rings is 1. The first kappa shape index (κ1) is 17.2. The SMILES string of the molecule is NCCCOC1CCN(C(=O)c2ccc(OCC3CC3)cc2)CC1. The van der Waals surface area contributed by atoms with Crippen LogP contribution in [0.15, 0.2) is 24.3 Å². The summed E-state index contributed by atoms with van der Waals surface area (Å²) in [6.45, 7) is 3.69. The lowest BCUT2D eigenvalue weighted by atomic mass is 10.1. The van der Waals surface area contributed by atoms with Crippen LogP contribution in [-0.4, -0.2) is 49.8 Å². The van der Waals surface area contributed by atoms with E-state index in [1.54, 1.807) is 0 Å². The first-order valence-electron chi connectivity index (χ1n) is 9.10. The van der Waals surface area contributed by atoms with E-state index in [1.165, 1.54) is 12.8 Å². The van der Waals surface area contributed by atoms with Crippen molar-refractivity contribution < 1.29 is 14.3 Å². The smallest absolute Gasteiger partial charge is 0.253 e. The summed E-state index contributed by atoms with van der Waals surface area (Å²) in [6, 6.07) is 7.54. The second kappa shape index (κ2) is 8.49. The van der Waals surface area contributed by atoms with Crippen LogP contribution >= 0.6 is 0 Å². The number of carbonyl (C=O) groups excluding carboxylic acids is 1. The summed E-state index contributed by atoms with van der Waals surface area (Å²) in [7, 11) is 0. The number of likely N-dealkylation sites (tertiary alicyclic amines) is 1. The van der Waals surface area contributed by atoms with Gasteiger partial charge < -0.3 is 20.1 Å². The van der Waals surface area contributed by atoms with E-state index < -0.39 is 0 Å². The molecule has 132 valence electrons. The first-order valence-corrected chi connectivity index (χ1v) is 9.10. The quantitative estimate of drug-likeness (QED) is 0.743. The molecule has 24 heavy (non-hydrogen) atoms. The number of piperidine rings is 1. The topological polar surface area (TPSA) is 64.8 Å². The highest BCUT2D eigenvalue weighted by Crippen LogP contribution is 2.29. The van der Waals surface area contributed by atoms with Crippen molar-refractivity contribution in [3.8, 4) is 5.75 Å². The number of nitrogens with two attached hydrogens (primary N) is 1. The number of hydrogen-bond donors (Lipinski definition) is 1. The van der Waals surface area contributed by atoms with Crippen LogP contribution in [0, 0.1) is 5.92 Å². The van der Waals surface area contributed by atoms with E-state index in [4.69, 9.17) is 15.2 Å². The average molecular weight is 332 g/mol. The van der Waals surface area contributed by atoms with Gasteiger partial charge in [0.1, 0.15) is 5.75 Å². The fourth-order valence-corrected chi connectivity index (χ4v) is 2.93. The van der Waals surface area contributed by atoms with Gasteiger partial charge in [0.25, 0.3) is 5.91 Å². The van der Waals surface area contributed by atoms with Crippen LogP contribution in [0.1, 0.15) is 42.5 Å². The molecule has 1 heterocycles. The van der Waals surface area contributed by atoms with E-state index in [0.717, 1.165) is 62.8 Å². The molecule has 1 amide bonds. The van der Waals surface area contributed by atoms with Gasteiger partial charge in [0.15, 0.2) is 0 Å². The molecule has 0 spiro atoms. The Morgan fingerprint density at radius 2 is 1.83 bits per heavy atom. The average Bonchev–Trinajstić information content (AvgIpc) is 3.45. The maximum absolute atomic E-state index is 12.6. The summed E-state index contributed by atoms with van der Waals surface area (Å²) < 4.78 is 11.5. The summed E-state index contributed by atoms with van der Waals surface area (Å²) in [4.78, 5) is 14.5. The van der Waals surface area contributed by atoms with Crippen LogP contribution in [-0.2, 0) is 4.74 Å². The Morgan fingerprint density at radius 1 is 1.12 bits per heavy atom. The number of rotatable bonds is 8. The molecule has 2 aliphatic rings. The van der Waals surface area contributed by atoms with Gasteiger partial charge in [-0.1, -0.05) is 0 Å². The van der Waals surface area contributed by atoms with Gasteiger partial charge in [0, 0.05) is 25.3 Å². The predicted octanol–water partition coefficient (Wildman–Crippen LogP) is 2.45. The standard InChI is InChI=1S/C19H28N2O3/c20-10-1-13-23-18-8-11-21(12-9-18)19(22)16-4-6-17(7-5-16)24-14-15-2-3-15/h4-7,15,18H,1-3,8-14,20H2. The van der Waals surface area contributed by atoms with Crippen molar-refractivity contribution >= 4 is 5.91 Å². The molecule has 5 heteroatoms. The lowest BCUT2D eigenvalue weighted by Gasteiger charge is -2.32. The molecule has 2 fully saturated rings. The minimum atomic E-state index is 0.101. The molecule has 1 aromatic carbocycles. The molecule has 1 saturated carbocycles. The van der Waals surface area contributed by atoms with Crippen molar-refractivity contribution in [1.82, 2.24) is 4.90 Å².